The number of anilines is 2. The highest BCUT2D eigenvalue weighted by Crippen LogP contribution is 2.38. The number of amides is 1. The van der Waals surface area contributed by atoms with Crippen molar-refractivity contribution in [1.29, 1.82) is 0 Å². The van der Waals surface area contributed by atoms with Gasteiger partial charge in [0.1, 0.15) is 11.3 Å². The minimum atomic E-state index is -3.96. The van der Waals surface area contributed by atoms with Crippen LogP contribution in [0.4, 0.5) is 20.6 Å². The Morgan fingerprint density at radius 1 is 0.979 bits per heavy atom. The van der Waals surface area contributed by atoms with E-state index in [1.165, 1.54) is 16.4 Å². The summed E-state index contributed by atoms with van der Waals surface area (Å²) < 4.78 is 53.2. The minimum Gasteiger partial charge on any atom is -0.444 e. The Bertz CT molecular complexity index is 1890. The zero-order valence-electron chi connectivity index (χ0n) is 27.4. The van der Waals surface area contributed by atoms with Crippen LogP contribution in [0.15, 0.2) is 67.1 Å². The van der Waals surface area contributed by atoms with Crippen molar-refractivity contribution in [2.75, 3.05) is 42.3 Å². The molecular formula is C34H39ClFN7O4S. The maximum absolute atomic E-state index is 16.2. The van der Waals surface area contributed by atoms with Gasteiger partial charge in [-0.15, -0.1) is 0 Å². The quantitative estimate of drug-likeness (QED) is 0.232. The average Bonchev–Trinajstić information content (AvgIpc) is 3.74. The molecule has 6 rings (SSSR count). The minimum absolute atomic E-state index is 0.0396. The topological polar surface area (TPSA) is 113 Å². The van der Waals surface area contributed by atoms with E-state index in [0.717, 1.165) is 24.2 Å². The van der Waals surface area contributed by atoms with Crippen molar-refractivity contribution >= 4 is 39.3 Å². The molecule has 4 heterocycles. The number of hydrogen-bond donors (Lipinski definition) is 1. The van der Waals surface area contributed by atoms with Crippen LogP contribution in [-0.2, 0) is 14.9 Å². The van der Waals surface area contributed by atoms with Crippen LogP contribution < -0.4 is 9.62 Å². The van der Waals surface area contributed by atoms with Crippen molar-refractivity contribution in [3.63, 3.8) is 0 Å². The molecule has 2 saturated heterocycles. The highest BCUT2D eigenvalue weighted by molar-refractivity contribution is 7.90. The van der Waals surface area contributed by atoms with Gasteiger partial charge >= 0.3 is 16.3 Å². The third kappa shape index (κ3) is 7.27. The molecule has 0 radical (unpaired) electrons. The normalized spacial score (nSPS) is 17.5. The number of ether oxygens (including phenoxy) is 1. The summed E-state index contributed by atoms with van der Waals surface area (Å²) in [6.07, 6.45) is 6.16. The van der Waals surface area contributed by atoms with Gasteiger partial charge in [0.25, 0.3) is 0 Å². The maximum atomic E-state index is 16.2. The van der Waals surface area contributed by atoms with Crippen LogP contribution in [0.3, 0.4) is 0 Å². The fourth-order valence-electron chi connectivity index (χ4n) is 6.02. The molecule has 2 aliphatic rings. The van der Waals surface area contributed by atoms with Crippen molar-refractivity contribution in [3.05, 3.63) is 78.0 Å². The molecule has 2 aromatic carbocycles. The monoisotopic (exact) mass is 695 g/mol. The van der Waals surface area contributed by atoms with E-state index < -0.39 is 21.6 Å². The van der Waals surface area contributed by atoms with Crippen molar-refractivity contribution < 1.29 is 22.3 Å². The molecule has 4 aromatic rings. The lowest BCUT2D eigenvalue weighted by molar-refractivity contribution is 0.0159. The molecule has 2 aromatic heterocycles. The van der Waals surface area contributed by atoms with Gasteiger partial charge in [-0.3, -0.25) is 9.71 Å². The smallest absolute Gasteiger partial charge is 0.410 e. The van der Waals surface area contributed by atoms with Gasteiger partial charge in [-0.2, -0.15) is 17.8 Å². The fourth-order valence-corrected chi connectivity index (χ4v) is 7.53. The van der Waals surface area contributed by atoms with Gasteiger partial charge < -0.3 is 14.5 Å². The summed E-state index contributed by atoms with van der Waals surface area (Å²) in [5.74, 6) is -0.757. The molecule has 0 saturated carbocycles. The Morgan fingerprint density at radius 2 is 1.65 bits per heavy atom. The summed E-state index contributed by atoms with van der Waals surface area (Å²) in [4.78, 5) is 20.8. The molecule has 254 valence electrons. The van der Waals surface area contributed by atoms with E-state index in [-0.39, 0.29) is 28.4 Å². The second-order valence-electron chi connectivity index (χ2n) is 13.1. The first kappa shape index (κ1) is 33.7. The predicted molar refractivity (Wildman–Crippen MR) is 185 cm³/mol. The molecule has 2 fully saturated rings. The molecule has 1 atom stereocenters. The third-order valence-corrected chi connectivity index (χ3v) is 10.1. The summed E-state index contributed by atoms with van der Waals surface area (Å²) in [5.41, 5.74) is 2.65. The van der Waals surface area contributed by atoms with E-state index in [1.54, 1.807) is 40.3 Å². The Morgan fingerprint density at radius 3 is 2.29 bits per heavy atom. The number of aromatic nitrogens is 3. The number of nitrogens with one attached hydrogen (secondary N) is 1. The summed E-state index contributed by atoms with van der Waals surface area (Å²) >= 11 is 6.45. The molecular weight excluding hydrogens is 657 g/mol. The van der Waals surface area contributed by atoms with E-state index in [1.807, 2.05) is 52.0 Å². The molecule has 1 amide bonds. The molecule has 2 aliphatic heterocycles. The van der Waals surface area contributed by atoms with Crippen molar-refractivity contribution in [2.45, 2.75) is 52.2 Å². The van der Waals surface area contributed by atoms with Crippen LogP contribution in [0, 0.1) is 5.82 Å². The number of hydrogen-bond acceptors (Lipinski definition) is 7. The second kappa shape index (κ2) is 13.4. The highest BCUT2D eigenvalue weighted by atomic mass is 35.5. The number of piperazine rings is 1. The van der Waals surface area contributed by atoms with Crippen LogP contribution in [0.5, 0.6) is 0 Å². The first-order valence-corrected chi connectivity index (χ1v) is 17.7. The van der Waals surface area contributed by atoms with Crippen LogP contribution in [0.1, 0.15) is 40.5 Å². The molecule has 14 heteroatoms. The number of carbonyl (C=O) groups is 1. The van der Waals surface area contributed by atoms with Crippen molar-refractivity contribution in [1.82, 2.24) is 24.0 Å². The van der Waals surface area contributed by atoms with E-state index in [9.17, 15) is 13.2 Å². The van der Waals surface area contributed by atoms with E-state index in [0.29, 0.717) is 49.5 Å². The summed E-state index contributed by atoms with van der Waals surface area (Å²) in [6, 6.07) is 14.1. The van der Waals surface area contributed by atoms with Gasteiger partial charge in [0.05, 0.1) is 11.4 Å². The first-order chi connectivity index (χ1) is 22.8. The lowest BCUT2D eigenvalue weighted by Crippen LogP contribution is -2.55. The lowest BCUT2D eigenvalue weighted by atomic mass is 10.0. The Hall–Kier alpha value is -4.20. The Kier molecular flexibility index (Phi) is 9.38. The van der Waals surface area contributed by atoms with Gasteiger partial charge in [0, 0.05) is 84.8 Å². The molecule has 0 aliphatic carbocycles. The molecule has 1 N–H and O–H groups in total. The largest absolute Gasteiger partial charge is 0.444 e. The zero-order chi connectivity index (χ0) is 34.2. The molecule has 48 heavy (non-hydrogen) atoms. The average molecular weight is 696 g/mol. The second-order valence-corrected chi connectivity index (χ2v) is 15.2. The third-order valence-electron chi connectivity index (χ3n) is 8.37. The van der Waals surface area contributed by atoms with Gasteiger partial charge in [-0.25, -0.2) is 13.9 Å². The number of rotatable bonds is 7. The standard InChI is InChI=1S/C34H39ClFN7O4S/c1-23-21-40(17-18-42(23)33(44)47-34(2,3)4)26-7-9-27(10-8-26)43-22-29(32(38-43)24-11-13-37-14-12-24)28-19-25(35)20-30(31(28)36)39-48(45,46)41-15-5-6-16-41/h7-14,19-20,22-23,39H,5-6,15-18,21H2,1-4H3/t23-/m1/s1. The number of nitrogens with zero attached hydrogens (tertiary/aromatic N) is 6. The Labute approximate surface area is 285 Å². The predicted octanol–water partition coefficient (Wildman–Crippen LogP) is 6.59. The molecule has 0 spiro atoms. The maximum Gasteiger partial charge on any atom is 0.410 e. The number of pyridine rings is 1. The fraction of sp³-hybridized carbons (Fsp3) is 0.382. The molecule has 0 unspecified atom stereocenters. The number of benzene rings is 2. The highest BCUT2D eigenvalue weighted by Gasteiger charge is 2.31. The zero-order valence-corrected chi connectivity index (χ0v) is 28.9. The Balaban J connectivity index is 1.29. The molecule has 11 nitrogen and oxygen atoms in total. The van der Waals surface area contributed by atoms with Crippen molar-refractivity contribution in [3.8, 4) is 28.1 Å². The van der Waals surface area contributed by atoms with Gasteiger partial charge in [-0.05, 0) is 89.1 Å². The number of carbonyl (C=O) groups excluding carboxylic acids is 1. The van der Waals surface area contributed by atoms with Gasteiger partial charge in [0.2, 0.25) is 0 Å². The summed E-state index contributed by atoms with van der Waals surface area (Å²) in [7, 11) is -3.96. The number of halogens is 2. The van der Waals surface area contributed by atoms with E-state index in [2.05, 4.69) is 14.6 Å². The first-order valence-electron chi connectivity index (χ1n) is 15.9. The summed E-state index contributed by atoms with van der Waals surface area (Å²) in [5, 5.41) is 5.01. The van der Waals surface area contributed by atoms with Crippen molar-refractivity contribution in [2.24, 2.45) is 0 Å². The van der Waals surface area contributed by atoms with Crippen LogP contribution in [-0.4, -0.2) is 82.8 Å². The lowest BCUT2D eigenvalue weighted by Gasteiger charge is -2.41. The SMILES string of the molecule is C[C@@H]1CN(c2ccc(-n3cc(-c4cc(Cl)cc(NS(=O)(=O)N5CCCC5)c4F)c(-c4ccncc4)n3)cc2)CCN1C(=O)OC(C)(C)C. The van der Waals surface area contributed by atoms with Gasteiger partial charge in [0.15, 0.2) is 5.82 Å². The van der Waals surface area contributed by atoms with Crippen LogP contribution in [0.2, 0.25) is 5.02 Å². The van der Waals surface area contributed by atoms with E-state index in [4.69, 9.17) is 21.4 Å². The van der Waals surface area contributed by atoms with E-state index >= 15 is 4.39 Å². The summed E-state index contributed by atoms with van der Waals surface area (Å²) in [6.45, 7) is 10.2. The van der Waals surface area contributed by atoms with Gasteiger partial charge in [-0.1, -0.05) is 11.6 Å². The van der Waals surface area contributed by atoms with Crippen LogP contribution in [0.25, 0.3) is 28.1 Å². The van der Waals surface area contributed by atoms with Crippen LogP contribution >= 0.6 is 11.6 Å². The molecule has 0 bridgehead atoms.